The minimum atomic E-state index is -1.15. The fourth-order valence-electron chi connectivity index (χ4n) is 1.24. The summed E-state index contributed by atoms with van der Waals surface area (Å²) in [7, 11) is 0. The van der Waals surface area contributed by atoms with E-state index in [-0.39, 0.29) is 0 Å². The van der Waals surface area contributed by atoms with Crippen molar-refractivity contribution >= 4 is 15.9 Å². The SMILES string of the molecule is OC(CF)c1nc(C2CC2)ncc1Br. The Morgan fingerprint density at radius 2 is 2.36 bits per heavy atom. The van der Waals surface area contributed by atoms with Crippen LogP contribution < -0.4 is 0 Å². The van der Waals surface area contributed by atoms with Crippen LogP contribution in [0.15, 0.2) is 10.7 Å². The van der Waals surface area contributed by atoms with E-state index in [0.29, 0.717) is 16.1 Å². The Bertz CT molecular complexity index is 344. The molecule has 0 radical (unpaired) electrons. The van der Waals surface area contributed by atoms with Gasteiger partial charge < -0.3 is 5.11 Å². The highest BCUT2D eigenvalue weighted by molar-refractivity contribution is 9.10. The molecule has 1 N–H and O–H groups in total. The number of aromatic nitrogens is 2. The first-order valence-corrected chi connectivity index (χ1v) is 5.28. The van der Waals surface area contributed by atoms with Crippen LogP contribution in [0.1, 0.15) is 36.4 Å². The smallest absolute Gasteiger partial charge is 0.131 e. The number of alkyl halides is 1. The predicted octanol–water partition coefficient (Wildman–Crippen LogP) is 2.12. The van der Waals surface area contributed by atoms with E-state index in [0.717, 1.165) is 18.7 Å². The lowest BCUT2D eigenvalue weighted by atomic mass is 10.2. The molecule has 1 heterocycles. The molecule has 1 aliphatic rings. The zero-order chi connectivity index (χ0) is 10.1. The summed E-state index contributed by atoms with van der Waals surface area (Å²) in [5.74, 6) is 1.13. The molecule has 0 bridgehead atoms. The zero-order valence-electron chi connectivity index (χ0n) is 7.45. The topological polar surface area (TPSA) is 46.0 Å². The Hall–Kier alpha value is -0.550. The summed E-state index contributed by atoms with van der Waals surface area (Å²) in [6.45, 7) is -0.820. The van der Waals surface area contributed by atoms with E-state index < -0.39 is 12.8 Å². The second-order valence-corrected chi connectivity index (χ2v) is 4.26. The van der Waals surface area contributed by atoms with Crippen LogP contribution in [0, 0.1) is 0 Å². The second-order valence-electron chi connectivity index (χ2n) is 3.41. The lowest BCUT2D eigenvalue weighted by Crippen LogP contribution is -2.06. The van der Waals surface area contributed by atoms with Crippen molar-refractivity contribution in [1.29, 1.82) is 0 Å². The predicted molar refractivity (Wildman–Crippen MR) is 52.6 cm³/mol. The highest BCUT2D eigenvalue weighted by Gasteiger charge is 2.27. The van der Waals surface area contributed by atoms with Gasteiger partial charge in [-0.2, -0.15) is 0 Å². The molecule has 2 rings (SSSR count). The average molecular weight is 261 g/mol. The summed E-state index contributed by atoms with van der Waals surface area (Å²) in [6.07, 6.45) is 2.61. The van der Waals surface area contributed by atoms with Gasteiger partial charge in [0.2, 0.25) is 0 Å². The molecule has 5 heteroatoms. The van der Waals surface area contributed by atoms with E-state index in [1.165, 1.54) is 0 Å². The summed E-state index contributed by atoms with van der Waals surface area (Å²) < 4.78 is 12.8. The molecule has 76 valence electrons. The number of aliphatic hydroxyl groups excluding tert-OH is 1. The van der Waals surface area contributed by atoms with Crippen LogP contribution in [0.25, 0.3) is 0 Å². The number of rotatable bonds is 3. The molecule has 0 aliphatic heterocycles. The van der Waals surface area contributed by atoms with Crippen LogP contribution in [0.2, 0.25) is 0 Å². The molecule has 3 nitrogen and oxygen atoms in total. The Morgan fingerprint density at radius 3 is 2.93 bits per heavy atom. The number of hydrogen-bond donors (Lipinski definition) is 1. The molecule has 1 atom stereocenters. The van der Waals surface area contributed by atoms with E-state index in [4.69, 9.17) is 0 Å². The number of halogens is 2. The van der Waals surface area contributed by atoms with Gasteiger partial charge in [-0.05, 0) is 28.8 Å². The summed E-state index contributed by atoms with van der Waals surface area (Å²) in [6, 6.07) is 0. The van der Waals surface area contributed by atoms with Crippen molar-refractivity contribution in [2.24, 2.45) is 0 Å². The van der Waals surface area contributed by atoms with E-state index in [1.54, 1.807) is 6.20 Å². The van der Waals surface area contributed by atoms with E-state index in [1.807, 2.05) is 0 Å². The number of hydrogen-bond acceptors (Lipinski definition) is 3. The molecule has 1 aromatic rings. The van der Waals surface area contributed by atoms with Gasteiger partial charge in [-0.3, -0.25) is 0 Å². The number of nitrogens with zero attached hydrogens (tertiary/aromatic N) is 2. The van der Waals surface area contributed by atoms with Crippen LogP contribution in [0.5, 0.6) is 0 Å². The molecule has 0 saturated heterocycles. The quantitative estimate of drug-likeness (QED) is 0.906. The van der Waals surface area contributed by atoms with Crippen LogP contribution in [0.4, 0.5) is 4.39 Å². The van der Waals surface area contributed by atoms with Crippen molar-refractivity contribution in [2.45, 2.75) is 24.9 Å². The van der Waals surface area contributed by atoms with E-state index in [9.17, 15) is 9.50 Å². The molecular weight excluding hydrogens is 251 g/mol. The Balaban J connectivity index is 2.31. The molecular formula is C9H10BrFN2O. The molecule has 0 amide bonds. The molecule has 0 spiro atoms. The number of aliphatic hydroxyl groups is 1. The maximum absolute atomic E-state index is 12.3. The van der Waals surface area contributed by atoms with Gasteiger partial charge in [0.05, 0.1) is 10.2 Å². The van der Waals surface area contributed by atoms with Crippen LogP contribution in [0.3, 0.4) is 0 Å². The summed E-state index contributed by atoms with van der Waals surface area (Å²) in [4.78, 5) is 8.28. The first-order chi connectivity index (χ1) is 6.72. The third kappa shape index (κ3) is 1.93. The molecule has 0 aromatic carbocycles. The van der Waals surface area contributed by atoms with Gasteiger partial charge in [-0.1, -0.05) is 0 Å². The standard InChI is InChI=1S/C9H10BrFN2O/c10-6-4-12-9(5-1-2-5)13-8(6)7(14)3-11/h4-5,7,14H,1-3H2. The maximum Gasteiger partial charge on any atom is 0.131 e. The lowest BCUT2D eigenvalue weighted by Gasteiger charge is -2.08. The third-order valence-corrected chi connectivity index (χ3v) is 2.81. The first kappa shape index (κ1) is 9.98. The normalized spacial score (nSPS) is 18.2. The summed E-state index contributed by atoms with van der Waals surface area (Å²) >= 11 is 3.19. The maximum atomic E-state index is 12.3. The molecule has 1 saturated carbocycles. The molecule has 14 heavy (non-hydrogen) atoms. The van der Waals surface area contributed by atoms with E-state index in [2.05, 4.69) is 25.9 Å². The van der Waals surface area contributed by atoms with Crippen LogP contribution in [-0.4, -0.2) is 21.7 Å². The van der Waals surface area contributed by atoms with Gasteiger partial charge in [0, 0.05) is 12.1 Å². The van der Waals surface area contributed by atoms with Crippen molar-refractivity contribution in [3.8, 4) is 0 Å². The van der Waals surface area contributed by atoms with Crippen molar-refractivity contribution in [3.63, 3.8) is 0 Å². The highest BCUT2D eigenvalue weighted by atomic mass is 79.9. The van der Waals surface area contributed by atoms with Gasteiger partial charge in [0.1, 0.15) is 18.6 Å². The van der Waals surface area contributed by atoms with Crippen molar-refractivity contribution in [1.82, 2.24) is 9.97 Å². The largest absolute Gasteiger partial charge is 0.384 e. The molecule has 1 unspecified atom stereocenters. The lowest BCUT2D eigenvalue weighted by molar-refractivity contribution is 0.136. The zero-order valence-corrected chi connectivity index (χ0v) is 9.04. The monoisotopic (exact) mass is 260 g/mol. The summed E-state index contributed by atoms with van der Waals surface area (Å²) in [5.41, 5.74) is 0.351. The third-order valence-electron chi connectivity index (χ3n) is 2.19. The van der Waals surface area contributed by atoms with Gasteiger partial charge in [0.25, 0.3) is 0 Å². The van der Waals surface area contributed by atoms with Crippen LogP contribution in [-0.2, 0) is 0 Å². The van der Waals surface area contributed by atoms with Crippen LogP contribution >= 0.6 is 15.9 Å². The van der Waals surface area contributed by atoms with Gasteiger partial charge in [0.15, 0.2) is 0 Å². The minimum Gasteiger partial charge on any atom is -0.384 e. The summed E-state index contributed by atoms with van der Waals surface area (Å²) in [5, 5.41) is 9.34. The average Bonchev–Trinajstić information content (AvgIpc) is 3.01. The van der Waals surface area contributed by atoms with Gasteiger partial charge in [-0.15, -0.1) is 0 Å². The fraction of sp³-hybridized carbons (Fsp3) is 0.556. The van der Waals surface area contributed by atoms with Gasteiger partial charge >= 0.3 is 0 Å². The Labute approximate surface area is 89.5 Å². The Morgan fingerprint density at radius 1 is 1.64 bits per heavy atom. The molecule has 1 fully saturated rings. The molecule has 1 aromatic heterocycles. The van der Waals surface area contributed by atoms with Gasteiger partial charge in [-0.25, -0.2) is 14.4 Å². The Kier molecular flexibility index (Phi) is 2.78. The van der Waals surface area contributed by atoms with E-state index >= 15 is 0 Å². The van der Waals surface area contributed by atoms with Crippen molar-refractivity contribution < 1.29 is 9.50 Å². The fourth-order valence-corrected chi connectivity index (χ4v) is 1.69. The highest BCUT2D eigenvalue weighted by Crippen LogP contribution is 2.38. The first-order valence-electron chi connectivity index (χ1n) is 4.48. The second kappa shape index (κ2) is 3.90. The minimum absolute atomic E-state index is 0.351. The van der Waals surface area contributed by atoms with Crippen molar-refractivity contribution in [3.05, 3.63) is 22.2 Å². The molecule has 1 aliphatic carbocycles. The van der Waals surface area contributed by atoms with Crippen molar-refractivity contribution in [2.75, 3.05) is 6.67 Å².